The largest absolute Gasteiger partial charge is 0.451 e. The second-order valence-electron chi connectivity index (χ2n) is 12.6. The smallest absolute Gasteiger partial charge is 0.444 e. The summed E-state index contributed by atoms with van der Waals surface area (Å²) in [6.07, 6.45) is -2.73. The molecule has 1 saturated carbocycles. The summed E-state index contributed by atoms with van der Waals surface area (Å²) >= 11 is 5.90. The molecule has 0 bridgehead atoms. The number of nitrogens with one attached hydrogen (secondary N) is 1. The Labute approximate surface area is 275 Å². The van der Waals surface area contributed by atoms with Gasteiger partial charge in [0.1, 0.15) is 12.0 Å². The zero-order chi connectivity index (χ0) is 34.0. The van der Waals surface area contributed by atoms with Crippen LogP contribution in [0.1, 0.15) is 60.3 Å². The highest BCUT2D eigenvalue weighted by Crippen LogP contribution is 2.52. The molecule has 8 nitrogen and oxygen atoms in total. The number of hydrogen-bond acceptors (Lipinski definition) is 7. The number of benzene rings is 2. The molecule has 1 saturated heterocycles. The molecule has 1 N–H and O–H groups in total. The lowest BCUT2D eigenvalue weighted by Gasteiger charge is -2.35. The minimum Gasteiger partial charge on any atom is -0.444 e. The van der Waals surface area contributed by atoms with Crippen molar-refractivity contribution in [2.24, 2.45) is 5.41 Å². The molecule has 0 amide bonds. The van der Waals surface area contributed by atoms with Crippen LogP contribution >= 0.6 is 11.6 Å². The van der Waals surface area contributed by atoms with E-state index >= 15 is 4.39 Å². The molecule has 7 rings (SSSR count). The quantitative estimate of drug-likeness (QED) is 0.199. The molecule has 4 aromatic rings. The highest BCUT2D eigenvalue weighted by Gasteiger charge is 2.46. The van der Waals surface area contributed by atoms with Gasteiger partial charge in [-0.15, -0.1) is 0 Å². The Hall–Kier alpha value is -4.35. The van der Waals surface area contributed by atoms with E-state index in [1.807, 2.05) is 10.00 Å². The van der Waals surface area contributed by atoms with Gasteiger partial charge in [-0.1, -0.05) is 17.7 Å². The van der Waals surface area contributed by atoms with Crippen molar-refractivity contribution in [3.8, 4) is 29.0 Å². The number of piperidine rings is 1. The van der Waals surface area contributed by atoms with E-state index in [-0.39, 0.29) is 46.6 Å². The molecular formula is C33H27ClF6N6O2. The number of rotatable bonds is 7. The highest BCUT2D eigenvalue weighted by atomic mass is 35.5. The summed E-state index contributed by atoms with van der Waals surface area (Å²) in [5.41, 5.74) is 1.29. The van der Waals surface area contributed by atoms with Gasteiger partial charge >= 0.3 is 6.18 Å². The standard InChI is InChI=1S/C33H27ClF6N6O2/c1-31(22-4-2-19(34)11-24(22)36)47-27-21(3-5-23(35)28(27)48-31)20-6-9-46(14-25(20)37)15-26-17(12-32(16-41)7-8-32)10-18(13-42-26)29-43-30(45-44-29)33(38,39)40/h2-5,10-11,13,20,25H,6-9,12,14-15H2,1H3,(H,43,44,45)/t20-,25-,31-/m1/s1. The number of aromatic amines is 1. The van der Waals surface area contributed by atoms with Crippen LogP contribution in [0, 0.1) is 28.4 Å². The number of ether oxygens (including phenoxy) is 2. The first-order chi connectivity index (χ1) is 22.8. The third-order valence-corrected chi connectivity index (χ3v) is 9.43. The van der Waals surface area contributed by atoms with E-state index in [9.17, 15) is 27.2 Å². The maximum absolute atomic E-state index is 16.0. The van der Waals surface area contributed by atoms with E-state index in [1.54, 1.807) is 6.07 Å². The van der Waals surface area contributed by atoms with Crippen molar-refractivity contribution in [2.75, 3.05) is 13.1 Å². The fourth-order valence-electron chi connectivity index (χ4n) is 6.42. The Morgan fingerprint density at radius 3 is 2.54 bits per heavy atom. The molecule has 15 heteroatoms. The van der Waals surface area contributed by atoms with Crippen LogP contribution in [0.4, 0.5) is 26.3 Å². The predicted octanol–water partition coefficient (Wildman–Crippen LogP) is 7.64. The van der Waals surface area contributed by atoms with E-state index in [0.29, 0.717) is 49.0 Å². The monoisotopic (exact) mass is 688 g/mol. The first-order valence-electron chi connectivity index (χ1n) is 15.2. The van der Waals surface area contributed by atoms with Gasteiger partial charge in [0.25, 0.3) is 5.79 Å². The lowest BCUT2D eigenvalue weighted by atomic mass is 9.86. The van der Waals surface area contributed by atoms with Gasteiger partial charge in [-0.25, -0.2) is 18.2 Å². The molecular weight excluding hydrogens is 662 g/mol. The number of likely N-dealkylation sites (tertiary alicyclic amines) is 1. The minimum absolute atomic E-state index is 0.00243. The number of aromatic nitrogens is 4. The predicted molar refractivity (Wildman–Crippen MR) is 160 cm³/mol. The number of nitriles is 1. The average molecular weight is 689 g/mol. The third kappa shape index (κ3) is 5.94. The van der Waals surface area contributed by atoms with Crippen molar-refractivity contribution < 1.29 is 35.8 Å². The summed E-state index contributed by atoms with van der Waals surface area (Å²) in [4.78, 5) is 9.94. The molecule has 1 aliphatic carbocycles. The van der Waals surface area contributed by atoms with Crippen LogP contribution in [0.2, 0.25) is 5.02 Å². The first kappa shape index (κ1) is 32.2. The Kier molecular flexibility index (Phi) is 7.83. The molecule has 0 radical (unpaired) electrons. The lowest BCUT2D eigenvalue weighted by molar-refractivity contribution is -0.144. The van der Waals surface area contributed by atoms with Gasteiger partial charge < -0.3 is 9.47 Å². The van der Waals surface area contributed by atoms with E-state index < -0.39 is 46.9 Å². The average Bonchev–Trinajstić information content (AvgIpc) is 3.43. The zero-order valence-corrected chi connectivity index (χ0v) is 26.1. The molecule has 3 aliphatic rings. The van der Waals surface area contributed by atoms with Crippen LogP contribution in [0.15, 0.2) is 42.6 Å². The minimum atomic E-state index is -4.70. The van der Waals surface area contributed by atoms with Gasteiger partial charge in [-0.05, 0) is 68.1 Å². The summed E-state index contributed by atoms with van der Waals surface area (Å²) in [5, 5.41) is 15.5. The number of fused-ring (bicyclic) bond motifs is 1. The van der Waals surface area contributed by atoms with Gasteiger partial charge in [0.05, 0.1) is 22.7 Å². The summed E-state index contributed by atoms with van der Waals surface area (Å²) in [6.45, 7) is 2.08. The zero-order valence-electron chi connectivity index (χ0n) is 25.3. The molecule has 2 aromatic carbocycles. The summed E-state index contributed by atoms with van der Waals surface area (Å²) in [5.74, 6) is -5.46. The second kappa shape index (κ2) is 11.7. The first-order valence-corrected chi connectivity index (χ1v) is 15.6. The van der Waals surface area contributed by atoms with Crippen molar-refractivity contribution in [3.05, 3.63) is 87.5 Å². The Bertz CT molecular complexity index is 1940. The third-order valence-electron chi connectivity index (χ3n) is 9.20. The van der Waals surface area contributed by atoms with E-state index in [2.05, 4.69) is 21.1 Å². The highest BCUT2D eigenvalue weighted by molar-refractivity contribution is 6.30. The van der Waals surface area contributed by atoms with Crippen LogP contribution < -0.4 is 9.47 Å². The van der Waals surface area contributed by atoms with Crippen molar-refractivity contribution in [3.63, 3.8) is 0 Å². The normalized spacial score (nSPS) is 23.2. The van der Waals surface area contributed by atoms with E-state index in [4.69, 9.17) is 21.1 Å². The molecule has 3 atom stereocenters. The number of alkyl halides is 4. The molecule has 4 heterocycles. The van der Waals surface area contributed by atoms with Gasteiger partial charge in [-0.2, -0.15) is 23.5 Å². The maximum Gasteiger partial charge on any atom is 0.451 e. The van der Waals surface area contributed by atoms with Crippen molar-refractivity contribution >= 4 is 11.6 Å². The number of pyridine rings is 1. The van der Waals surface area contributed by atoms with Crippen LogP contribution in [0.3, 0.4) is 0 Å². The van der Waals surface area contributed by atoms with Crippen LogP contribution in [-0.4, -0.2) is 44.3 Å². The molecule has 250 valence electrons. The molecule has 2 fully saturated rings. The number of halogens is 7. The number of nitrogens with zero attached hydrogens (tertiary/aromatic N) is 5. The van der Waals surface area contributed by atoms with E-state index in [0.717, 1.165) is 6.07 Å². The molecule has 48 heavy (non-hydrogen) atoms. The lowest BCUT2D eigenvalue weighted by Crippen LogP contribution is -2.40. The molecule has 2 aromatic heterocycles. The van der Waals surface area contributed by atoms with Crippen LogP contribution in [0.25, 0.3) is 11.4 Å². The van der Waals surface area contributed by atoms with Gasteiger partial charge in [-0.3, -0.25) is 15.0 Å². The topological polar surface area (TPSA) is 100.0 Å². The molecule has 2 aliphatic heterocycles. The summed E-state index contributed by atoms with van der Waals surface area (Å²) < 4.78 is 97.0. The molecule has 0 spiro atoms. The van der Waals surface area contributed by atoms with Gasteiger partial charge in [0, 0.05) is 48.3 Å². The summed E-state index contributed by atoms with van der Waals surface area (Å²) in [6, 6.07) is 10.5. The van der Waals surface area contributed by atoms with E-state index in [1.165, 1.54) is 37.4 Å². The number of H-pyrrole nitrogens is 1. The number of hydrogen-bond donors (Lipinski definition) is 1. The Balaban J connectivity index is 1.11. The Morgan fingerprint density at radius 1 is 1.10 bits per heavy atom. The maximum atomic E-state index is 16.0. The molecule has 0 unspecified atom stereocenters. The Morgan fingerprint density at radius 2 is 1.88 bits per heavy atom. The van der Waals surface area contributed by atoms with Gasteiger partial charge in [0.2, 0.25) is 11.6 Å². The second-order valence-corrected chi connectivity index (χ2v) is 13.1. The van der Waals surface area contributed by atoms with Crippen molar-refractivity contribution in [1.82, 2.24) is 25.1 Å². The summed E-state index contributed by atoms with van der Waals surface area (Å²) in [7, 11) is 0. The van der Waals surface area contributed by atoms with Crippen molar-refractivity contribution in [2.45, 2.75) is 63.2 Å². The van der Waals surface area contributed by atoms with Gasteiger partial charge in [0.15, 0.2) is 17.4 Å². The fraction of sp³-hybridized carbons (Fsp3) is 0.394. The SMILES string of the molecule is C[C@]1(c2ccc(Cl)cc2F)Oc2c(F)ccc([C@H]3CCN(Cc4ncc(-c5n[nH]c(C(F)(F)F)n5)cc4CC4(C#N)CC4)C[C@H]3F)c2O1. The van der Waals surface area contributed by atoms with Crippen molar-refractivity contribution in [1.29, 1.82) is 5.26 Å². The van der Waals surface area contributed by atoms with Crippen LogP contribution in [-0.2, 0) is 24.9 Å². The fourth-order valence-corrected chi connectivity index (χ4v) is 6.57. The van der Waals surface area contributed by atoms with Crippen LogP contribution in [0.5, 0.6) is 11.5 Å².